The molecule has 5 nitrogen and oxygen atoms in total. The Balaban J connectivity index is 2.26. The Bertz CT molecular complexity index is 540. The number of ether oxygens (including phenoxy) is 1. The Morgan fingerprint density at radius 3 is 2.83 bits per heavy atom. The van der Waals surface area contributed by atoms with Gasteiger partial charge in [0, 0.05) is 5.69 Å². The van der Waals surface area contributed by atoms with Gasteiger partial charge >= 0.3 is 5.97 Å². The molecule has 0 spiro atoms. The number of nitrogens with one attached hydrogen (secondary N) is 1. The first-order valence-electron chi connectivity index (χ1n) is 5.46. The van der Waals surface area contributed by atoms with Crippen LogP contribution in [0.3, 0.4) is 0 Å². The third kappa shape index (κ3) is 2.60. The largest absolute Gasteiger partial charge is 0.462 e. The minimum Gasteiger partial charge on any atom is -0.462 e. The van der Waals surface area contributed by atoms with E-state index in [0.29, 0.717) is 17.2 Å². The topological polar surface area (TPSA) is 77.2 Å². The first-order valence-corrected chi connectivity index (χ1v) is 6.24. The molecular formula is C12H13N3O2S. The number of benzene rings is 1. The van der Waals surface area contributed by atoms with Crippen molar-refractivity contribution in [3.8, 4) is 0 Å². The van der Waals surface area contributed by atoms with Gasteiger partial charge in [0.1, 0.15) is 10.6 Å². The van der Waals surface area contributed by atoms with E-state index in [1.54, 1.807) is 6.92 Å². The molecule has 1 aromatic heterocycles. The SMILES string of the molecule is CCOC(=O)c1c(N)nsc1Nc1ccccc1. The maximum absolute atomic E-state index is 11.8. The number of hydrogen-bond donors (Lipinski definition) is 2. The van der Waals surface area contributed by atoms with Gasteiger partial charge in [0.15, 0.2) is 5.82 Å². The number of anilines is 3. The molecule has 0 aliphatic heterocycles. The van der Waals surface area contributed by atoms with Crippen molar-refractivity contribution < 1.29 is 9.53 Å². The molecule has 94 valence electrons. The van der Waals surface area contributed by atoms with Crippen LogP contribution in [0.5, 0.6) is 0 Å². The maximum Gasteiger partial charge on any atom is 0.345 e. The summed E-state index contributed by atoms with van der Waals surface area (Å²) < 4.78 is 8.93. The Morgan fingerprint density at radius 1 is 1.44 bits per heavy atom. The lowest BCUT2D eigenvalue weighted by Gasteiger charge is -2.06. The number of para-hydroxylation sites is 1. The van der Waals surface area contributed by atoms with Gasteiger partial charge in [-0.15, -0.1) is 0 Å². The molecule has 2 aromatic rings. The molecule has 0 aliphatic carbocycles. The highest BCUT2D eigenvalue weighted by atomic mass is 32.1. The smallest absolute Gasteiger partial charge is 0.345 e. The second-order valence-electron chi connectivity index (χ2n) is 3.48. The molecule has 0 aliphatic rings. The lowest BCUT2D eigenvalue weighted by Crippen LogP contribution is -2.08. The Morgan fingerprint density at radius 2 is 2.17 bits per heavy atom. The van der Waals surface area contributed by atoms with Crippen LogP contribution in [-0.4, -0.2) is 16.9 Å². The van der Waals surface area contributed by atoms with Crippen molar-refractivity contribution in [1.29, 1.82) is 0 Å². The van der Waals surface area contributed by atoms with Crippen LogP contribution >= 0.6 is 11.5 Å². The van der Waals surface area contributed by atoms with E-state index in [0.717, 1.165) is 17.2 Å². The van der Waals surface area contributed by atoms with E-state index in [9.17, 15) is 4.79 Å². The number of esters is 1. The second kappa shape index (κ2) is 5.50. The van der Waals surface area contributed by atoms with Gasteiger partial charge in [-0.2, -0.15) is 4.37 Å². The minimum atomic E-state index is -0.456. The summed E-state index contributed by atoms with van der Waals surface area (Å²) in [5.74, 6) is -0.265. The van der Waals surface area contributed by atoms with Gasteiger partial charge in [-0.25, -0.2) is 4.79 Å². The fourth-order valence-electron chi connectivity index (χ4n) is 1.44. The summed E-state index contributed by atoms with van der Waals surface area (Å²) in [6, 6.07) is 9.50. The summed E-state index contributed by atoms with van der Waals surface area (Å²) in [6.07, 6.45) is 0. The van der Waals surface area contributed by atoms with Crippen molar-refractivity contribution in [2.24, 2.45) is 0 Å². The number of nitrogens with zero attached hydrogens (tertiary/aromatic N) is 1. The lowest BCUT2D eigenvalue weighted by molar-refractivity contribution is 0.0529. The fourth-order valence-corrected chi connectivity index (χ4v) is 2.16. The summed E-state index contributed by atoms with van der Waals surface area (Å²) in [5.41, 5.74) is 6.85. The number of nitrogen functional groups attached to an aromatic ring is 1. The molecule has 6 heteroatoms. The first-order chi connectivity index (χ1) is 8.72. The van der Waals surface area contributed by atoms with Crippen molar-refractivity contribution in [3.05, 3.63) is 35.9 Å². The molecule has 1 aromatic carbocycles. The summed E-state index contributed by atoms with van der Waals surface area (Å²) >= 11 is 1.14. The number of carbonyl (C=O) groups is 1. The average Bonchev–Trinajstić information content (AvgIpc) is 2.72. The van der Waals surface area contributed by atoms with Crippen molar-refractivity contribution in [3.63, 3.8) is 0 Å². The van der Waals surface area contributed by atoms with Crippen LogP contribution in [0, 0.1) is 0 Å². The minimum absolute atomic E-state index is 0.192. The number of nitrogens with two attached hydrogens (primary N) is 1. The van der Waals surface area contributed by atoms with E-state index in [1.807, 2.05) is 30.3 Å². The quantitative estimate of drug-likeness (QED) is 0.829. The van der Waals surface area contributed by atoms with Crippen molar-refractivity contribution in [2.75, 3.05) is 17.7 Å². The monoisotopic (exact) mass is 263 g/mol. The third-order valence-electron chi connectivity index (χ3n) is 2.23. The lowest BCUT2D eigenvalue weighted by atomic mass is 10.3. The molecule has 0 fully saturated rings. The Kier molecular flexibility index (Phi) is 3.78. The molecule has 3 N–H and O–H groups in total. The van der Waals surface area contributed by atoms with E-state index in [4.69, 9.17) is 10.5 Å². The zero-order valence-corrected chi connectivity index (χ0v) is 10.7. The maximum atomic E-state index is 11.8. The number of hydrogen-bond acceptors (Lipinski definition) is 6. The zero-order chi connectivity index (χ0) is 13.0. The molecule has 0 radical (unpaired) electrons. The van der Waals surface area contributed by atoms with Crippen LogP contribution in [-0.2, 0) is 4.74 Å². The standard InChI is InChI=1S/C12H13N3O2S/c1-2-17-12(16)9-10(13)15-18-11(9)14-8-6-4-3-5-7-8/h3-7,14H,2H2,1H3,(H2,13,15). The van der Waals surface area contributed by atoms with Gasteiger partial charge < -0.3 is 15.8 Å². The molecule has 0 unspecified atom stereocenters. The summed E-state index contributed by atoms with van der Waals surface area (Å²) in [6.45, 7) is 2.05. The van der Waals surface area contributed by atoms with Crippen LogP contribution in [0.15, 0.2) is 30.3 Å². The van der Waals surface area contributed by atoms with Crippen LogP contribution < -0.4 is 11.1 Å². The Labute approximate surface area is 109 Å². The predicted molar refractivity (Wildman–Crippen MR) is 72.2 cm³/mol. The normalized spacial score (nSPS) is 10.1. The summed E-state index contributed by atoms with van der Waals surface area (Å²) in [7, 11) is 0. The summed E-state index contributed by atoms with van der Waals surface area (Å²) in [4.78, 5) is 11.8. The van der Waals surface area contributed by atoms with Gasteiger partial charge in [-0.05, 0) is 30.6 Å². The highest BCUT2D eigenvalue weighted by molar-refractivity contribution is 7.11. The van der Waals surface area contributed by atoms with E-state index in [1.165, 1.54) is 0 Å². The molecular weight excluding hydrogens is 250 g/mol. The van der Waals surface area contributed by atoms with E-state index < -0.39 is 5.97 Å². The third-order valence-corrected chi connectivity index (χ3v) is 3.01. The van der Waals surface area contributed by atoms with Crippen molar-refractivity contribution >= 4 is 34.0 Å². The Hall–Kier alpha value is -2.08. The summed E-state index contributed by atoms with van der Waals surface area (Å²) in [5, 5.41) is 3.70. The number of carbonyl (C=O) groups excluding carboxylic acids is 1. The molecule has 1 heterocycles. The van der Waals surface area contributed by atoms with Crippen LogP contribution in [0.4, 0.5) is 16.5 Å². The van der Waals surface area contributed by atoms with Gasteiger partial charge in [0.25, 0.3) is 0 Å². The van der Waals surface area contributed by atoms with Crippen LogP contribution in [0.1, 0.15) is 17.3 Å². The highest BCUT2D eigenvalue weighted by Gasteiger charge is 2.20. The highest BCUT2D eigenvalue weighted by Crippen LogP contribution is 2.30. The van der Waals surface area contributed by atoms with Crippen LogP contribution in [0.25, 0.3) is 0 Å². The molecule has 0 saturated heterocycles. The predicted octanol–water partition coefficient (Wildman–Crippen LogP) is 2.65. The molecule has 0 saturated carbocycles. The van der Waals surface area contributed by atoms with Gasteiger partial charge in [0.2, 0.25) is 0 Å². The molecule has 0 bridgehead atoms. The van der Waals surface area contributed by atoms with Gasteiger partial charge in [-0.1, -0.05) is 18.2 Å². The fraction of sp³-hybridized carbons (Fsp3) is 0.167. The van der Waals surface area contributed by atoms with Crippen molar-refractivity contribution in [1.82, 2.24) is 4.37 Å². The van der Waals surface area contributed by atoms with E-state index in [2.05, 4.69) is 9.69 Å². The number of aromatic nitrogens is 1. The molecule has 0 atom stereocenters. The molecule has 0 amide bonds. The first kappa shape index (κ1) is 12.4. The van der Waals surface area contributed by atoms with Gasteiger partial charge in [-0.3, -0.25) is 0 Å². The van der Waals surface area contributed by atoms with Gasteiger partial charge in [0.05, 0.1) is 6.61 Å². The second-order valence-corrected chi connectivity index (χ2v) is 4.26. The van der Waals surface area contributed by atoms with Crippen molar-refractivity contribution in [2.45, 2.75) is 6.92 Å². The van der Waals surface area contributed by atoms with E-state index >= 15 is 0 Å². The zero-order valence-electron chi connectivity index (χ0n) is 9.84. The average molecular weight is 263 g/mol. The van der Waals surface area contributed by atoms with Crippen LogP contribution in [0.2, 0.25) is 0 Å². The molecule has 2 rings (SSSR count). The molecule has 18 heavy (non-hydrogen) atoms. The number of rotatable bonds is 4. The van der Waals surface area contributed by atoms with E-state index in [-0.39, 0.29) is 5.82 Å².